The van der Waals surface area contributed by atoms with E-state index >= 15 is 0 Å². The second-order valence-electron chi connectivity index (χ2n) is 5.46. The third-order valence-corrected chi connectivity index (χ3v) is 3.94. The molecule has 106 valence electrons. The van der Waals surface area contributed by atoms with Crippen LogP contribution >= 0.6 is 0 Å². The van der Waals surface area contributed by atoms with Crippen molar-refractivity contribution in [3.05, 3.63) is 30.1 Å². The molecule has 0 bridgehead atoms. The van der Waals surface area contributed by atoms with Gasteiger partial charge in [0.1, 0.15) is 0 Å². The summed E-state index contributed by atoms with van der Waals surface area (Å²) in [6.07, 6.45) is 8.28. The van der Waals surface area contributed by atoms with Gasteiger partial charge in [0.2, 0.25) is 0 Å². The predicted octanol–water partition coefficient (Wildman–Crippen LogP) is 2.48. The average molecular weight is 261 g/mol. The molecule has 1 aliphatic rings. The van der Waals surface area contributed by atoms with E-state index in [-0.39, 0.29) is 0 Å². The first-order valence-electron chi connectivity index (χ1n) is 7.75. The summed E-state index contributed by atoms with van der Waals surface area (Å²) < 4.78 is 0. The fraction of sp³-hybridized carbons (Fsp3) is 0.688. The standard InChI is InChI=1S/C16H27N3/c1-2-10-17-14-16-8-4-6-12-19(16)13-9-15-7-3-5-11-18-15/h3,5,7,11,16-17H,2,4,6,8-10,12-14H2,1H3. The molecule has 0 aromatic carbocycles. The molecule has 0 radical (unpaired) electrons. The molecule has 19 heavy (non-hydrogen) atoms. The maximum Gasteiger partial charge on any atom is 0.0416 e. The van der Waals surface area contributed by atoms with E-state index in [1.54, 1.807) is 0 Å². The van der Waals surface area contributed by atoms with Crippen LogP contribution in [0.5, 0.6) is 0 Å². The summed E-state index contributed by atoms with van der Waals surface area (Å²) in [7, 11) is 0. The summed E-state index contributed by atoms with van der Waals surface area (Å²) in [4.78, 5) is 7.07. The molecule has 0 amide bonds. The maximum absolute atomic E-state index is 4.42. The highest BCUT2D eigenvalue weighted by atomic mass is 15.2. The number of nitrogens with zero attached hydrogens (tertiary/aromatic N) is 2. The van der Waals surface area contributed by atoms with Gasteiger partial charge in [0, 0.05) is 37.4 Å². The van der Waals surface area contributed by atoms with Gasteiger partial charge in [0.25, 0.3) is 0 Å². The lowest BCUT2D eigenvalue weighted by molar-refractivity contribution is 0.147. The van der Waals surface area contributed by atoms with Crippen LogP contribution in [0.1, 0.15) is 38.3 Å². The van der Waals surface area contributed by atoms with Gasteiger partial charge in [-0.3, -0.25) is 9.88 Å². The highest BCUT2D eigenvalue weighted by Crippen LogP contribution is 2.16. The van der Waals surface area contributed by atoms with Crippen molar-refractivity contribution in [3.8, 4) is 0 Å². The fourth-order valence-corrected chi connectivity index (χ4v) is 2.84. The number of hydrogen-bond donors (Lipinski definition) is 1. The normalized spacial score (nSPS) is 20.6. The zero-order valence-electron chi connectivity index (χ0n) is 12.1. The third kappa shape index (κ3) is 4.92. The van der Waals surface area contributed by atoms with Crippen molar-refractivity contribution >= 4 is 0 Å². The molecular weight excluding hydrogens is 234 g/mol. The minimum atomic E-state index is 0.726. The number of likely N-dealkylation sites (tertiary alicyclic amines) is 1. The summed E-state index contributed by atoms with van der Waals surface area (Å²) >= 11 is 0. The van der Waals surface area contributed by atoms with Crippen molar-refractivity contribution in [1.82, 2.24) is 15.2 Å². The number of pyridine rings is 1. The summed E-state index contributed by atoms with van der Waals surface area (Å²) in [5.74, 6) is 0. The molecule has 1 aromatic rings. The molecule has 2 rings (SSSR count). The largest absolute Gasteiger partial charge is 0.315 e. The minimum Gasteiger partial charge on any atom is -0.315 e. The van der Waals surface area contributed by atoms with Crippen LogP contribution < -0.4 is 5.32 Å². The third-order valence-electron chi connectivity index (χ3n) is 3.94. The lowest BCUT2D eigenvalue weighted by Crippen LogP contribution is -2.46. The first kappa shape index (κ1) is 14.5. The number of nitrogens with one attached hydrogen (secondary N) is 1. The van der Waals surface area contributed by atoms with E-state index in [1.807, 2.05) is 12.3 Å². The Kier molecular flexibility index (Phi) is 6.31. The van der Waals surface area contributed by atoms with Crippen LogP contribution in [-0.2, 0) is 6.42 Å². The Hall–Kier alpha value is -0.930. The van der Waals surface area contributed by atoms with Gasteiger partial charge >= 0.3 is 0 Å². The van der Waals surface area contributed by atoms with Crippen molar-refractivity contribution in [2.75, 3.05) is 26.2 Å². The van der Waals surface area contributed by atoms with Gasteiger partial charge in [-0.15, -0.1) is 0 Å². The van der Waals surface area contributed by atoms with Crippen LogP contribution in [0.15, 0.2) is 24.4 Å². The van der Waals surface area contributed by atoms with Crippen LogP contribution in [0.25, 0.3) is 0 Å². The highest BCUT2D eigenvalue weighted by molar-refractivity contribution is 5.04. The maximum atomic E-state index is 4.42. The molecule has 1 atom stereocenters. The molecule has 1 aliphatic heterocycles. The minimum absolute atomic E-state index is 0.726. The van der Waals surface area contributed by atoms with Crippen LogP contribution in [0.3, 0.4) is 0 Å². The van der Waals surface area contributed by atoms with Crippen LogP contribution in [0, 0.1) is 0 Å². The van der Waals surface area contributed by atoms with E-state index in [4.69, 9.17) is 0 Å². The molecule has 1 N–H and O–H groups in total. The first-order valence-corrected chi connectivity index (χ1v) is 7.75. The average Bonchev–Trinajstić information content (AvgIpc) is 2.48. The topological polar surface area (TPSA) is 28.2 Å². The number of aromatic nitrogens is 1. The van der Waals surface area contributed by atoms with E-state index in [2.05, 4.69) is 34.3 Å². The summed E-state index contributed by atoms with van der Waals surface area (Å²) in [6.45, 7) is 6.92. The number of piperidine rings is 1. The second kappa shape index (κ2) is 8.28. The molecule has 1 unspecified atom stereocenters. The summed E-state index contributed by atoms with van der Waals surface area (Å²) in [5, 5.41) is 3.58. The van der Waals surface area contributed by atoms with Gasteiger partial charge in [0.05, 0.1) is 0 Å². The van der Waals surface area contributed by atoms with Crippen molar-refractivity contribution in [2.24, 2.45) is 0 Å². The van der Waals surface area contributed by atoms with Crippen molar-refractivity contribution in [3.63, 3.8) is 0 Å². The monoisotopic (exact) mass is 261 g/mol. The van der Waals surface area contributed by atoms with Gasteiger partial charge in [-0.05, 0) is 44.5 Å². The Labute approximate surface area is 117 Å². The van der Waals surface area contributed by atoms with Gasteiger partial charge in [-0.2, -0.15) is 0 Å². The SMILES string of the molecule is CCCNCC1CCCCN1CCc1ccccn1. The Morgan fingerprint density at radius 1 is 1.37 bits per heavy atom. The molecule has 3 nitrogen and oxygen atoms in total. The molecule has 1 fully saturated rings. The molecular formula is C16H27N3. The van der Waals surface area contributed by atoms with E-state index < -0.39 is 0 Å². The molecule has 3 heteroatoms. The van der Waals surface area contributed by atoms with Gasteiger partial charge in [-0.1, -0.05) is 19.4 Å². The molecule has 1 saturated heterocycles. The van der Waals surface area contributed by atoms with Crippen molar-refractivity contribution < 1.29 is 0 Å². The van der Waals surface area contributed by atoms with Crippen LogP contribution in [-0.4, -0.2) is 42.1 Å². The van der Waals surface area contributed by atoms with Crippen LogP contribution in [0.4, 0.5) is 0 Å². The van der Waals surface area contributed by atoms with Crippen molar-refractivity contribution in [1.29, 1.82) is 0 Å². The van der Waals surface area contributed by atoms with E-state index in [0.717, 1.165) is 32.1 Å². The molecule has 0 spiro atoms. The lowest BCUT2D eigenvalue weighted by Gasteiger charge is -2.36. The number of rotatable bonds is 7. The smallest absolute Gasteiger partial charge is 0.0416 e. The summed E-state index contributed by atoms with van der Waals surface area (Å²) in [5.41, 5.74) is 1.22. The lowest BCUT2D eigenvalue weighted by atomic mass is 10.0. The fourth-order valence-electron chi connectivity index (χ4n) is 2.84. The first-order chi connectivity index (χ1) is 9.40. The predicted molar refractivity (Wildman–Crippen MR) is 80.3 cm³/mol. The highest BCUT2D eigenvalue weighted by Gasteiger charge is 2.21. The molecule has 0 aliphatic carbocycles. The summed E-state index contributed by atoms with van der Waals surface area (Å²) in [6, 6.07) is 6.93. The molecule has 1 aromatic heterocycles. The zero-order chi connectivity index (χ0) is 13.3. The Morgan fingerprint density at radius 2 is 2.32 bits per heavy atom. The van der Waals surface area contributed by atoms with E-state index in [0.29, 0.717) is 0 Å². The quantitative estimate of drug-likeness (QED) is 0.764. The van der Waals surface area contributed by atoms with Gasteiger partial charge in [0.15, 0.2) is 0 Å². The molecule has 0 saturated carbocycles. The zero-order valence-corrected chi connectivity index (χ0v) is 12.1. The van der Waals surface area contributed by atoms with Crippen molar-refractivity contribution in [2.45, 2.75) is 45.1 Å². The van der Waals surface area contributed by atoms with Gasteiger partial charge in [-0.25, -0.2) is 0 Å². The Balaban J connectivity index is 1.78. The van der Waals surface area contributed by atoms with Gasteiger partial charge < -0.3 is 5.32 Å². The number of hydrogen-bond acceptors (Lipinski definition) is 3. The molecule has 2 heterocycles. The van der Waals surface area contributed by atoms with E-state index in [1.165, 1.54) is 37.9 Å². The Morgan fingerprint density at radius 3 is 3.11 bits per heavy atom. The second-order valence-corrected chi connectivity index (χ2v) is 5.46. The van der Waals surface area contributed by atoms with E-state index in [9.17, 15) is 0 Å². The Bertz CT molecular complexity index is 339. The van der Waals surface area contributed by atoms with Crippen LogP contribution in [0.2, 0.25) is 0 Å².